The molecule has 4 aromatic rings. The molecule has 1 fully saturated rings. The van der Waals surface area contributed by atoms with Crippen LogP contribution in [-0.2, 0) is 10.3 Å². The first kappa shape index (κ1) is 20.8. The van der Waals surface area contributed by atoms with Crippen LogP contribution in [0, 0.1) is 18.6 Å². The number of carbonyl (C=O) groups is 1. The third kappa shape index (κ3) is 3.71. The van der Waals surface area contributed by atoms with Crippen molar-refractivity contribution in [3.63, 3.8) is 0 Å². The van der Waals surface area contributed by atoms with E-state index < -0.39 is 23.2 Å². The van der Waals surface area contributed by atoms with Crippen LogP contribution in [0.4, 0.5) is 8.78 Å². The van der Waals surface area contributed by atoms with Crippen molar-refractivity contribution in [2.24, 2.45) is 0 Å². The maximum Gasteiger partial charge on any atom is 0.339 e. The lowest BCUT2D eigenvalue weighted by Gasteiger charge is -2.29. The van der Waals surface area contributed by atoms with Gasteiger partial charge in [0, 0.05) is 40.5 Å². The maximum atomic E-state index is 13.9. The molecule has 0 spiro atoms. The summed E-state index contributed by atoms with van der Waals surface area (Å²) < 4.78 is 34.9. The Balaban J connectivity index is 1.44. The number of thiophene rings is 1. The van der Waals surface area contributed by atoms with E-state index in [4.69, 9.17) is 4.74 Å². The molecule has 0 radical (unpaired) electrons. The molecule has 0 bridgehead atoms. The molecule has 5 rings (SSSR count). The van der Waals surface area contributed by atoms with E-state index in [1.165, 1.54) is 27.1 Å². The molecule has 0 saturated heterocycles. The summed E-state index contributed by atoms with van der Waals surface area (Å²) >= 11 is 0. The second-order valence-corrected chi connectivity index (χ2v) is 10.5. The summed E-state index contributed by atoms with van der Waals surface area (Å²) in [5.74, 6) is -1.79. The topological polar surface area (TPSA) is 26.3 Å². The molecule has 1 atom stereocenters. The van der Waals surface area contributed by atoms with Crippen molar-refractivity contribution >= 4 is 26.5 Å². The normalized spacial score (nSPS) is 15.8. The first-order valence-electron chi connectivity index (χ1n) is 10.8. The Morgan fingerprint density at radius 2 is 1.56 bits per heavy atom. The standard InChI is InChI=1S/C27H23F2O2S/c1-18-14-20-6-2-3-7-25(20)32(18)24-10-8-19(9-11-24)26(30)31-27(12-4-5-13-27)21-15-22(28)17-23(29)16-21/h2-3,6-11,14-17H,4-5,12-13H2,1H3/q+1. The summed E-state index contributed by atoms with van der Waals surface area (Å²) in [5.41, 5.74) is -0.152. The summed E-state index contributed by atoms with van der Waals surface area (Å²) in [6.07, 6.45) is 2.81. The number of hydrogen-bond acceptors (Lipinski definition) is 2. The minimum atomic E-state index is -0.982. The fraction of sp³-hybridized carbons (Fsp3) is 0.222. The number of ether oxygens (including phenoxy) is 1. The molecule has 5 heteroatoms. The number of hydrogen-bond donors (Lipinski definition) is 0. The van der Waals surface area contributed by atoms with E-state index in [2.05, 4.69) is 25.1 Å². The van der Waals surface area contributed by atoms with Crippen molar-refractivity contribution in [3.05, 3.63) is 100 Å². The number of fused-ring (bicyclic) bond motifs is 1. The van der Waals surface area contributed by atoms with E-state index in [1.54, 1.807) is 12.1 Å². The molecule has 0 amide bonds. The Kier molecular flexibility index (Phi) is 5.30. The molecule has 162 valence electrons. The zero-order valence-electron chi connectivity index (χ0n) is 17.7. The molecule has 2 nitrogen and oxygen atoms in total. The van der Waals surface area contributed by atoms with Crippen molar-refractivity contribution in [1.82, 2.24) is 0 Å². The van der Waals surface area contributed by atoms with Gasteiger partial charge < -0.3 is 4.74 Å². The zero-order chi connectivity index (χ0) is 22.3. The fourth-order valence-electron chi connectivity index (χ4n) is 4.73. The summed E-state index contributed by atoms with van der Waals surface area (Å²) in [6.45, 7) is 2.13. The first-order valence-corrected chi connectivity index (χ1v) is 12.0. The highest BCUT2D eigenvalue weighted by atomic mass is 32.2. The van der Waals surface area contributed by atoms with Crippen LogP contribution in [0.2, 0.25) is 0 Å². The van der Waals surface area contributed by atoms with Crippen molar-refractivity contribution in [3.8, 4) is 4.90 Å². The molecule has 1 aliphatic rings. The average Bonchev–Trinajstić information content (AvgIpc) is 3.37. The SMILES string of the molecule is Cc1cc2ccccc2[s+]1-c1ccc(C(=O)OC2(c3cc(F)cc(F)c3)CCCC2)cc1. The third-order valence-electron chi connectivity index (χ3n) is 6.23. The van der Waals surface area contributed by atoms with E-state index in [1.807, 2.05) is 24.3 Å². The van der Waals surface area contributed by atoms with Gasteiger partial charge in [0.15, 0.2) is 14.5 Å². The van der Waals surface area contributed by atoms with E-state index in [9.17, 15) is 13.6 Å². The number of carbonyl (C=O) groups excluding carboxylic acids is 1. The van der Waals surface area contributed by atoms with Crippen LogP contribution >= 0.6 is 10.5 Å². The lowest BCUT2D eigenvalue weighted by atomic mass is 9.91. The first-order chi connectivity index (χ1) is 15.4. The van der Waals surface area contributed by atoms with E-state index in [0.717, 1.165) is 23.8 Å². The van der Waals surface area contributed by atoms with Crippen LogP contribution in [0.1, 0.15) is 46.5 Å². The quantitative estimate of drug-likeness (QED) is 0.235. The number of rotatable bonds is 4. The fourth-order valence-corrected chi connectivity index (χ4v) is 6.93. The summed E-state index contributed by atoms with van der Waals surface area (Å²) in [6, 6.07) is 21.5. The van der Waals surface area contributed by atoms with Crippen LogP contribution in [0.5, 0.6) is 0 Å². The molecule has 1 aromatic heterocycles. The van der Waals surface area contributed by atoms with Gasteiger partial charge in [0.05, 0.1) is 5.56 Å². The summed E-state index contributed by atoms with van der Waals surface area (Å²) in [5, 5.41) is 1.24. The minimum absolute atomic E-state index is 0.153. The predicted molar refractivity (Wildman–Crippen MR) is 124 cm³/mol. The Bertz CT molecular complexity index is 1280. The van der Waals surface area contributed by atoms with Crippen molar-refractivity contribution in [1.29, 1.82) is 0 Å². The van der Waals surface area contributed by atoms with Gasteiger partial charge in [-0.05, 0) is 74.2 Å². The van der Waals surface area contributed by atoms with Gasteiger partial charge in [-0.2, -0.15) is 0 Å². The van der Waals surface area contributed by atoms with Crippen LogP contribution < -0.4 is 0 Å². The number of benzene rings is 3. The summed E-state index contributed by atoms with van der Waals surface area (Å²) in [4.78, 5) is 15.5. The van der Waals surface area contributed by atoms with Gasteiger partial charge in [-0.25, -0.2) is 13.6 Å². The van der Waals surface area contributed by atoms with Crippen molar-refractivity contribution in [2.75, 3.05) is 0 Å². The molecular formula is C27H23F2O2S+. The van der Waals surface area contributed by atoms with Crippen LogP contribution in [0.3, 0.4) is 0 Å². The molecule has 1 unspecified atom stereocenters. The molecule has 0 aliphatic heterocycles. The highest BCUT2D eigenvalue weighted by molar-refractivity contribution is 7.45. The van der Waals surface area contributed by atoms with Gasteiger partial charge >= 0.3 is 5.97 Å². The lowest BCUT2D eigenvalue weighted by Crippen LogP contribution is -2.29. The number of esters is 1. The van der Waals surface area contributed by atoms with Gasteiger partial charge in [0.25, 0.3) is 0 Å². The maximum absolute atomic E-state index is 13.9. The number of halogens is 2. The van der Waals surface area contributed by atoms with Crippen LogP contribution in [0.25, 0.3) is 15.0 Å². The summed E-state index contributed by atoms with van der Waals surface area (Å²) in [7, 11) is -0.153. The Labute approximate surface area is 188 Å². The molecule has 1 saturated carbocycles. The average molecular weight is 450 g/mol. The third-order valence-corrected chi connectivity index (χ3v) is 8.55. The molecule has 1 aliphatic carbocycles. The molecule has 32 heavy (non-hydrogen) atoms. The molecule has 1 heterocycles. The van der Waals surface area contributed by atoms with Crippen molar-refractivity contribution < 1.29 is 18.3 Å². The molecule has 0 N–H and O–H groups in total. The highest BCUT2D eigenvalue weighted by Crippen LogP contribution is 2.45. The van der Waals surface area contributed by atoms with E-state index in [-0.39, 0.29) is 10.5 Å². The zero-order valence-corrected chi connectivity index (χ0v) is 18.6. The second kappa shape index (κ2) is 8.14. The largest absolute Gasteiger partial charge is 0.451 e. The van der Waals surface area contributed by atoms with Crippen LogP contribution in [0.15, 0.2) is 72.8 Å². The van der Waals surface area contributed by atoms with Gasteiger partial charge in [-0.3, -0.25) is 0 Å². The predicted octanol–water partition coefficient (Wildman–Crippen LogP) is 7.79. The Morgan fingerprint density at radius 3 is 2.25 bits per heavy atom. The van der Waals surface area contributed by atoms with Gasteiger partial charge in [0.1, 0.15) is 17.2 Å². The Morgan fingerprint density at radius 1 is 0.906 bits per heavy atom. The smallest absolute Gasteiger partial charge is 0.339 e. The lowest BCUT2D eigenvalue weighted by molar-refractivity contribution is -0.0186. The second-order valence-electron chi connectivity index (χ2n) is 8.37. The van der Waals surface area contributed by atoms with Crippen LogP contribution in [-0.4, -0.2) is 5.97 Å². The van der Waals surface area contributed by atoms with Gasteiger partial charge in [-0.1, -0.05) is 12.1 Å². The highest BCUT2D eigenvalue weighted by Gasteiger charge is 2.40. The van der Waals surface area contributed by atoms with Gasteiger partial charge in [0.2, 0.25) is 0 Å². The minimum Gasteiger partial charge on any atom is -0.451 e. The number of aryl methyl sites for hydroxylation is 1. The Hall–Kier alpha value is -3.05. The van der Waals surface area contributed by atoms with Crippen molar-refractivity contribution in [2.45, 2.75) is 38.2 Å². The van der Waals surface area contributed by atoms with Gasteiger partial charge in [-0.15, -0.1) is 0 Å². The molecule has 3 aromatic carbocycles. The molecular weight excluding hydrogens is 426 g/mol. The van der Waals surface area contributed by atoms with E-state index >= 15 is 0 Å². The monoisotopic (exact) mass is 449 g/mol. The van der Waals surface area contributed by atoms with E-state index in [0.29, 0.717) is 24.0 Å².